The molecule has 1 atom stereocenters. The molecular weight excluding hydrogens is 381 g/mol. The van der Waals surface area contributed by atoms with Crippen LogP contribution in [0.15, 0.2) is 42.5 Å². The zero-order valence-electron chi connectivity index (χ0n) is 14.3. The highest BCUT2D eigenvalue weighted by molar-refractivity contribution is 6.34. The van der Waals surface area contributed by atoms with Gasteiger partial charge in [-0.3, -0.25) is 9.69 Å². The van der Waals surface area contributed by atoms with Gasteiger partial charge in [0.25, 0.3) is 0 Å². The van der Waals surface area contributed by atoms with Crippen LogP contribution >= 0.6 is 11.6 Å². The van der Waals surface area contributed by atoms with E-state index in [-0.39, 0.29) is 23.4 Å². The number of anilines is 1. The van der Waals surface area contributed by atoms with Crippen molar-refractivity contribution in [1.29, 1.82) is 0 Å². The van der Waals surface area contributed by atoms with E-state index >= 15 is 0 Å². The number of amides is 1. The van der Waals surface area contributed by atoms with Crippen molar-refractivity contribution in [2.24, 2.45) is 0 Å². The minimum Gasteiger partial charge on any atom is -0.508 e. The zero-order chi connectivity index (χ0) is 19.6. The lowest BCUT2D eigenvalue weighted by Crippen LogP contribution is -2.33. The Bertz CT molecular complexity index is 825. The van der Waals surface area contributed by atoms with E-state index in [9.17, 15) is 23.1 Å². The van der Waals surface area contributed by atoms with E-state index in [0.29, 0.717) is 6.54 Å². The number of benzene rings is 2. The monoisotopic (exact) mass is 398 g/mol. The number of para-hydroxylation sites is 1. The third kappa shape index (κ3) is 4.54. The van der Waals surface area contributed by atoms with Crippen LogP contribution in [-0.4, -0.2) is 29.0 Å². The highest BCUT2D eigenvalue weighted by Crippen LogP contribution is 2.38. The summed E-state index contributed by atoms with van der Waals surface area (Å²) >= 11 is 5.88. The summed E-state index contributed by atoms with van der Waals surface area (Å²) in [6, 6.07) is 10.1. The summed E-state index contributed by atoms with van der Waals surface area (Å²) in [6.45, 7) is 0.613. The van der Waals surface area contributed by atoms with Crippen molar-refractivity contribution in [2.45, 2.75) is 25.1 Å². The molecule has 27 heavy (non-hydrogen) atoms. The van der Waals surface area contributed by atoms with Crippen LogP contribution in [0.1, 0.15) is 30.0 Å². The lowest BCUT2D eigenvalue weighted by molar-refractivity contribution is -0.137. The van der Waals surface area contributed by atoms with E-state index in [0.717, 1.165) is 24.5 Å². The maximum Gasteiger partial charge on any atom is 0.418 e. The molecule has 0 radical (unpaired) electrons. The highest BCUT2D eigenvalue weighted by Gasteiger charge is 2.35. The average Bonchev–Trinajstić information content (AvgIpc) is 3.04. The Morgan fingerprint density at radius 3 is 2.59 bits per heavy atom. The third-order valence-electron chi connectivity index (χ3n) is 4.57. The highest BCUT2D eigenvalue weighted by atomic mass is 35.5. The fourth-order valence-corrected chi connectivity index (χ4v) is 3.56. The maximum atomic E-state index is 13.2. The van der Waals surface area contributed by atoms with Crippen LogP contribution in [0.4, 0.5) is 18.9 Å². The quantitative estimate of drug-likeness (QED) is 0.774. The number of carbonyl (C=O) groups excluding carboxylic acids is 1. The first-order valence-electron chi connectivity index (χ1n) is 8.44. The van der Waals surface area contributed by atoms with Crippen LogP contribution < -0.4 is 5.32 Å². The minimum absolute atomic E-state index is 0.0234. The summed E-state index contributed by atoms with van der Waals surface area (Å²) in [6.07, 6.45) is -2.91. The van der Waals surface area contributed by atoms with E-state index in [1.807, 2.05) is 4.90 Å². The molecule has 0 unspecified atom stereocenters. The number of hydrogen-bond acceptors (Lipinski definition) is 3. The Balaban J connectivity index is 1.74. The molecule has 1 aliphatic rings. The zero-order valence-corrected chi connectivity index (χ0v) is 15.0. The van der Waals surface area contributed by atoms with Crippen LogP contribution in [0.2, 0.25) is 5.02 Å². The molecule has 144 valence electrons. The number of rotatable bonds is 4. The number of halogens is 4. The summed E-state index contributed by atoms with van der Waals surface area (Å²) in [5, 5.41) is 11.6. The number of carbonyl (C=O) groups is 1. The van der Waals surface area contributed by atoms with Gasteiger partial charge in [0.05, 0.1) is 22.8 Å². The smallest absolute Gasteiger partial charge is 0.418 e. The summed E-state index contributed by atoms with van der Waals surface area (Å²) in [5.41, 5.74) is -0.441. The van der Waals surface area contributed by atoms with E-state index in [4.69, 9.17) is 11.6 Å². The molecular formula is C19H18ClF3N2O2. The maximum absolute atomic E-state index is 13.2. The normalized spacial score (nSPS) is 17.9. The predicted octanol–water partition coefficient (Wildman–Crippen LogP) is 4.84. The van der Waals surface area contributed by atoms with Crippen molar-refractivity contribution < 1.29 is 23.1 Å². The third-order valence-corrected chi connectivity index (χ3v) is 4.89. The first-order chi connectivity index (χ1) is 12.8. The van der Waals surface area contributed by atoms with E-state index in [2.05, 4.69) is 5.32 Å². The molecule has 1 fully saturated rings. The molecule has 2 N–H and O–H groups in total. The summed E-state index contributed by atoms with van der Waals surface area (Å²) in [5.74, 6) is -0.404. The second-order valence-electron chi connectivity index (χ2n) is 6.43. The Hall–Kier alpha value is -2.25. The van der Waals surface area contributed by atoms with Gasteiger partial charge in [0.2, 0.25) is 5.91 Å². The van der Waals surface area contributed by atoms with Gasteiger partial charge in [-0.1, -0.05) is 29.8 Å². The second kappa shape index (κ2) is 7.78. The van der Waals surface area contributed by atoms with Gasteiger partial charge in [0.15, 0.2) is 0 Å². The molecule has 0 saturated carbocycles. The number of aromatic hydroxyl groups is 1. The van der Waals surface area contributed by atoms with Gasteiger partial charge in [-0.2, -0.15) is 13.2 Å². The van der Waals surface area contributed by atoms with Crippen molar-refractivity contribution >= 4 is 23.2 Å². The fourth-order valence-electron chi connectivity index (χ4n) is 3.34. The molecule has 3 rings (SSSR count). The molecule has 4 nitrogen and oxygen atoms in total. The first kappa shape index (κ1) is 19.5. The van der Waals surface area contributed by atoms with Crippen LogP contribution in [0, 0.1) is 0 Å². The topological polar surface area (TPSA) is 52.6 Å². The van der Waals surface area contributed by atoms with Crippen LogP contribution in [0.3, 0.4) is 0 Å². The minimum atomic E-state index is -4.62. The Morgan fingerprint density at radius 2 is 1.93 bits per heavy atom. The molecule has 0 aromatic heterocycles. The van der Waals surface area contributed by atoms with Crippen LogP contribution in [0.5, 0.6) is 5.75 Å². The number of nitrogens with zero attached hydrogens (tertiary/aromatic N) is 1. The summed E-state index contributed by atoms with van der Waals surface area (Å²) in [4.78, 5) is 14.3. The Labute approximate surface area is 159 Å². The summed E-state index contributed by atoms with van der Waals surface area (Å²) < 4.78 is 39.5. The number of phenolic OH excluding ortho intramolecular Hbond substituents is 1. The fraction of sp³-hybridized carbons (Fsp3) is 0.316. The molecule has 0 aliphatic carbocycles. The Morgan fingerprint density at radius 1 is 1.22 bits per heavy atom. The molecule has 0 bridgehead atoms. The number of nitrogens with one attached hydrogen (secondary N) is 1. The van der Waals surface area contributed by atoms with Gasteiger partial charge >= 0.3 is 6.18 Å². The lowest BCUT2D eigenvalue weighted by atomic mass is 10.0. The van der Waals surface area contributed by atoms with Gasteiger partial charge in [-0.05, 0) is 49.2 Å². The molecule has 1 aliphatic heterocycles. The van der Waals surface area contributed by atoms with Crippen molar-refractivity contribution in [1.82, 2.24) is 4.90 Å². The second-order valence-corrected chi connectivity index (χ2v) is 6.84. The number of likely N-dealkylation sites (tertiary alicyclic amines) is 1. The van der Waals surface area contributed by atoms with Crippen molar-refractivity contribution in [3.63, 3.8) is 0 Å². The molecule has 1 amide bonds. The van der Waals surface area contributed by atoms with Gasteiger partial charge in [-0.25, -0.2) is 0 Å². The SMILES string of the molecule is O=C(CN1CCC[C@H]1c1ccc(O)cc1)Nc1c(Cl)cccc1C(F)(F)F. The van der Waals surface area contributed by atoms with Crippen molar-refractivity contribution in [3.05, 3.63) is 58.6 Å². The predicted molar refractivity (Wildman–Crippen MR) is 96.7 cm³/mol. The molecule has 1 saturated heterocycles. The van der Waals surface area contributed by atoms with Gasteiger partial charge in [-0.15, -0.1) is 0 Å². The van der Waals surface area contributed by atoms with Gasteiger partial charge in [0.1, 0.15) is 5.75 Å². The molecule has 8 heteroatoms. The molecule has 2 aromatic rings. The first-order valence-corrected chi connectivity index (χ1v) is 8.82. The van der Waals surface area contributed by atoms with E-state index in [1.54, 1.807) is 24.3 Å². The number of hydrogen-bond donors (Lipinski definition) is 2. The van der Waals surface area contributed by atoms with Gasteiger partial charge < -0.3 is 10.4 Å². The average molecular weight is 399 g/mol. The van der Waals surface area contributed by atoms with Gasteiger partial charge in [0, 0.05) is 6.04 Å². The number of alkyl halides is 3. The largest absolute Gasteiger partial charge is 0.508 e. The van der Waals surface area contributed by atoms with Crippen LogP contribution in [0.25, 0.3) is 0 Å². The van der Waals surface area contributed by atoms with E-state index < -0.39 is 23.3 Å². The lowest BCUT2D eigenvalue weighted by Gasteiger charge is -2.24. The standard InChI is InChI=1S/C19H18ClF3N2O2/c20-15-4-1-3-14(19(21,22)23)18(15)24-17(27)11-25-10-2-5-16(25)12-6-8-13(26)9-7-12/h1,3-4,6-9,16,26H,2,5,10-11H2,(H,24,27)/t16-/m0/s1. The van der Waals surface area contributed by atoms with Crippen molar-refractivity contribution in [3.8, 4) is 5.75 Å². The van der Waals surface area contributed by atoms with Crippen molar-refractivity contribution in [2.75, 3.05) is 18.4 Å². The Kier molecular flexibility index (Phi) is 5.62. The molecule has 2 aromatic carbocycles. The number of phenols is 1. The van der Waals surface area contributed by atoms with E-state index in [1.165, 1.54) is 12.1 Å². The van der Waals surface area contributed by atoms with Crippen LogP contribution in [-0.2, 0) is 11.0 Å². The molecule has 0 spiro atoms. The molecule has 1 heterocycles. The summed E-state index contributed by atoms with van der Waals surface area (Å²) in [7, 11) is 0.